The number of allylic oxidation sites excluding steroid dienone is 1. The van der Waals surface area contributed by atoms with Crippen molar-refractivity contribution in [1.82, 2.24) is 0 Å². The predicted molar refractivity (Wildman–Crippen MR) is 48.3 cm³/mol. The molecule has 2 heteroatoms. The third kappa shape index (κ3) is 0.889. The van der Waals surface area contributed by atoms with E-state index < -0.39 is 0 Å². The highest BCUT2D eigenvalue weighted by Crippen LogP contribution is 2.20. The van der Waals surface area contributed by atoms with Crippen LogP contribution in [0.2, 0.25) is 0 Å². The van der Waals surface area contributed by atoms with E-state index in [9.17, 15) is 4.79 Å². The van der Waals surface area contributed by atoms with Crippen LogP contribution in [0.4, 0.5) is 0 Å². The largest absolute Gasteiger partial charge is 0.277 e. The molecule has 0 atom stereocenters. The summed E-state index contributed by atoms with van der Waals surface area (Å²) in [6.07, 6.45) is 1.50. The molecule has 0 radical (unpaired) electrons. The smallest absolute Gasteiger partial charge is 0.267 e. The normalized spacial score (nSPS) is 14.7. The first kappa shape index (κ1) is 6.98. The van der Waals surface area contributed by atoms with Crippen molar-refractivity contribution in [3.8, 4) is 0 Å². The average Bonchev–Trinajstić information content (AvgIpc) is 2.12. The van der Waals surface area contributed by atoms with Crippen molar-refractivity contribution < 1.29 is 4.79 Å². The molecule has 0 bridgehead atoms. The van der Waals surface area contributed by atoms with Gasteiger partial charge in [0.1, 0.15) is 0 Å². The van der Waals surface area contributed by atoms with Gasteiger partial charge in [0.05, 0.1) is 0 Å². The zero-order valence-electron chi connectivity index (χ0n) is 6.45. The van der Waals surface area contributed by atoms with Gasteiger partial charge in [-0.15, -0.1) is 0 Å². The van der Waals surface area contributed by atoms with E-state index in [1.165, 1.54) is 6.21 Å². The number of aliphatic imine (C=N–C) groups is 1. The average molecular weight is 157 g/mol. The maximum absolute atomic E-state index is 11.2. The van der Waals surface area contributed by atoms with Crippen LogP contribution in [0.1, 0.15) is 15.9 Å². The lowest BCUT2D eigenvalue weighted by Crippen LogP contribution is -2.06. The van der Waals surface area contributed by atoms with E-state index in [4.69, 9.17) is 0 Å². The topological polar surface area (TPSA) is 29.4 Å². The van der Waals surface area contributed by atoms with Crippen LogP contribution in [0.3, 0.4) is 0 Å². The van der Waals surface area contributed by atoms with Gasteiger partial charge < -0.3 is 0 Å². The van der Waals surface area contributed by atoms with Crippen molar-refractivity contribution in [2.24, 2.45) is 4.99 Å². The Morgan fingerprint density at radius 3 is 2.50 bits per heavy atom. The van der Waals surface area contributed by atoms with E-state index in [-0.39, 0.29) is 5.91 Å². The molecule has 1 heterocycles. The summed E-state index contributed by atoms with van der Waals surface area (Å²) in [7, 11) is 0. The Morgan fingerprint density at radius 2 is 1.83 bits per heavy atom. The number of hydrogen-bond acceptors (Lipinski definition) is 1. The molecule has 0 unspecified atom stereocenters. The van der Waals surface area contributed by atoms with Gasteiger partial charge in [-0.2, -0.15) is 0 Å². The zero-order chi connectivity index (χ0) is 8.55. The summed E-state index contributed by atoms with van der Waals surface area (Å²) >= 11 is 0. The molecule has 12 heavy (non-hydrogen) atoms. The molecule has 1 aliphatic heterocycles. The highest BCUT2D eigenvalue weighted by molar-refractivity contribution is 6.21. The lowest BCUT2D eigenvalue weighted by Gasteiger charge is -2.09. The molecule has 1 amide bonds. The van der Waals surface area contributed by atoms with Gasteiger partial charge in [-0.05, 0) is 17.2 Å². The maximum atomic E-state index is 11.2. The molecule has 2 nitrogen and oxygen atoms in total. The van der Waals surface area contributed by atoms with Gasteiger partial charge in [-0.1, -0.05) is 24.8 Å². The van der Waals surface area contributed by atoms with Crippen LogP contribution in [0, 0.1) is 0 Å². The minimum Gasteiger partial charge on any atom is -0.267 e. The first-order valence-electron chi connectivity index (χ1n) is 3.66. The Labute approximate surface area is 70.3 Å². The third-order valence-corrected chi connectivity index (χ3v) is 1.84. The summed E-state index contributed by atoms with van der Waals surface area (Å²) in [5.74, 6) is -0.182. The standard InChI is InChI=1S/C10H7NO/c1-7-6-11-10(12)9-5-3-2-4-8(7)9/h2-6H,1H2. The minimum atomic E-state index is -0.182. The fourth-order valence-electron chi connectivity index (χ4n) is 1.23. The highest BCUT2D eigenvalue weighted by atomic mass is 16.1. The first-order chi connectivity index (χ1) is 5.79. The molecule has 0 spiro atoms. The van der Waals surface area contributed by atoms with E-state index in [0.29, 0.717) is 5.56 Å². The summed E-state index contributed by atoms with van der Waals surface area (Å²) in [6, 6.07) is 7.35. The summed E-state index contributed by atoms with van der Waals surface area (Å²) in [5.41, 5.74) is 2.33. The monoisotopic (exact) mass is 157 g/mol. The Hall–Kier alpha value is -1.70. The molecule has 1 aliphatic rings. The molecule has 0 saturated carbocycles. The van der Waals surface area contributed by atoms with Gasteiger partial charge in [-0.25, -0.2) is 4.99 Å². The molecule has 0 saturated heterocycles. The van der Waals surface area contributed by atoms with Crippen molar-refractivity contribution in [2.75, 3.05) is 0 Å². The molecular formula is C10H7NO. The predicted octanol–water partition coefficient (Wildman–Crippen LogP) is 1.92. The second-order valence-electron chi connectivity index (χ2n) is 2.63. The van der Waals surface area contributed by atoms with E-state index >= 15 is 0 Å². The van der Waals surface area contributed by atoms with Crippen molar-refractivity contribution in [1.29, 1.82) is 0 Å². The molecule has 0 N–H and O–H groups in total. The van der Waals surface area contributed by atoms with E-state index in [1.807, 2.05) is 18.2 Å². The van der Waals surface area contributed by atoms with E-state index in [1.54, 1.807) is 6.07 Å². The van der Waals surface area contributed by atoms with Gasteiger partial charge >= 0.3 is 0 Å². The van der Waals surface area contributed by atoms with Crippen LogP contribution < -0.4 is 0 Å². The van der Waals surface area contributed by atoms with E-state index in [2.05, 4.69) is 11.6 Å². The molecule has 0 fully saturated rings. The zero-order valence-corrected chi connectivity index (χ0v) is 6.45. The molecular weight excluding hydrogens is 150 g/mol. The van der Waals surface area contributed by atoms with Gasteiger partial charge in [0, 0.05) is 11.8 Å². The SMILES string of the molecule is C=C1C=NC(=O)c2ccccc21. The Morgan fingerprint density at radius 1 is 1.17 bits per heavy atom. The van der Waals surface area contributed by atoms with Crippen molar-refractivity contribution in [3.05, 3.63) is 42.0 Å². The van der Waals surface area contributed by atoms with Gasteiger partial charge in [0.15, 0.2) is 0 Å². The van der Waals surface area contributed by atoms with Crippen molar-refractivity contribution in [2.45, 2.75) is 0 Å². The second kappa shape index (κ2) is 2.41. The van der Waals surface area contributed by atoms with Gasteiger partial charge in [0.2, 0.25) is 0 Å². The highest BCUT2D eigenvalue weighted by Gasteiger charge is 2.14. The number of carbonyl (C=O) groups is 1. The maximum Gasteiger partial charge on any atom is 0.277 e. The molecule has 1 aromatic rings. The van der Waals surface area contributed by atoms with Crippen LogP contribution in [0.25, 0.3) is 5.57 Å². The number of benzene rings is 1. The number of hydrogen-bond donors (Lipinski definition) is 0. The Bertz CT molecular complexity index is 354. The van der Waals surface area contributed by atoms with Crippen LogP contribution in [0.15, 0.2) is 35.8 Å². The number of nitrogens with zero attached hydrogens (tertiary/aromatic N) is 1. The Balaban J connectivity index is 2.69. The molecule has 2 rings (SSSR count). The van der Waals surface area contributed by atoms with Gasteiger partial charge in [-0.3, -0.25) is 4.79 Å². The number of fused-ring (bicyclic) bond motifs is 1. The van der Waals surface area contributed by atoms with Crippen molar-refractivity contribution >= 4 is 17.7 Å². The summed E-state index contributed by atoms with van der Waals surface area (Å²) in [5, 5.41) is 0. The van der Waals surface area contributed by atoms with Crippen LogP contribution >= 0.6 is 0 Å². The number of amides is 1. The van der Waals surface area contributed by atoms with Crippen LogP contribution in [0.5, 0.6) is 0 Å². The molecule has 1 aromatic carbocycles. The molecule has 58 valence electrons. The lowest BCUT2D eigenvalue weighted by atomic mass is 9.99. The van der Waals surface area contributed by atoms with Crippen molar-refractivity contribution in [3.63, 3.8) is 0 Å². The number of rotatable bonds is 0. The molecule has 0 aromatic heterocycles. The van der Waals surface area contributed by atoms with Crippen LogP contribution in [-0.2, 0) is 0 Å². The quantitative estimate of drug-likeness (QED) is 0.565. The summed E-state index contributed by atoms with van der Waals surface area (Å²) in [6.45, 7) is 3.79. The third-order valence-electron chi connectivity index (χ3n) is 1.84. The van der Waals surface area contributed by atoms with Crippen LogP contribution in [-0.4, -0.2) is 12.1 Å². The fraction of sp³-hybridized carbons (Fsp3) is 0. The fourth-order valence-corrected chi connectivity index (χ4v) is 1.23. The lowest BCUT2D eigenvalue weighted by molar-refractivity contribution is 0.100. The molecule has 0 aliphatic carbocycles. The summed E-state index contributed by atoms with van der Waals surface area (Å²) < 4.78 is 0. The second-order valence-corrected chi connectivity index (χ2v) is 2.63. The minimum absolute atomic E-state index is 0.182. The first-order valence-corrected chi connectivity index (χ1v) is 3.66. The number of carbonyl (C=O) groups excluding carboxylic acids is 1. The Kier molecular flexibility index (Phi) is 1.40. The van der Waals surface area contributed by atoms with Gasteiger partial charge in [0.25, 0.3) is 5.91 Å². The summed E-state index contributed by atoms with van der Waals surface area (Å²) in [4.78, 5) is 14.9. The van der Waals surface area contributed by atoms with E-state index in [0.717, 1.165) is 11.1 Å².